The average molecular weight is 401 g/mol. The van der Waals surface area contributed by atoms with E-state index in [2.05, 4.69) is 36.2 Å². The van der Waals surface area contributed by atoms with E-state index in [4.69, 9.17) is 11.6 Å². The van der Waals surface area contributed by atoms with Crippen molar-refractivity contribution in [3.8, 4) is 0 Å². The molecule has 3 nitrogen and oxygen atoms in total. The van der Waals surface area contributed by atoms with Crippen molar-refractivity contribution in [2.75, 3.05) is 6.54 Å². The van der Waals surface area contributed by atoms with Crippen molar-refractivity contribution < 1.29 is 4.79 Å². The van der Waals surface area contributed by atoms with Crippen molar-refractivity contribution in [1.29, 1.82) is 0 Å². The van der Waals surface area contributed by atoms with Crippen LogP contribution < -0.4 is 0 Å². The summed E-state index contributed by atoms with van der Waals surface area (Å²) in [6, 6.07) is 24.1. The molecule has 3 aromatic carbocycles. The molecule has 2 heterocycles. The number of nitrogens with one attached hydrogen (secondary N) is 1. The van der Waals surface area contributed by atoms with E-state index in [1.807, 2.05) is 53.4 Å². The second-order valence-corrected chi connectivity index (χ2v) is 8.01. The second-order valence-electron chi connectivity index (χ2n) is 7.57. The Morgan fingerprint density at radius 2 is 1.69 bits per heavy atom. The first-order valence-electron chi connectivity index (χ1n) is 9.85. The van der Waals surface area contributed by atoms with Crippen molar-refractivity contribution in [3.05, 3.63) is 106 Å². The third kappa shape index (κ3) is 3.02. The van der Waals surface area contributed by atoms with Crippen LogP contribution in [0.25, 0.3) is 10.9 Å². The SMILES string of the molecule is Cc1[nH]c2ccccc2c1[C@@H]1c2ccccc2C(=O)N1CCc1ccc(Cl)cc1. The lowest BCUT2D eigenvalue weighted by Gasteiger charge is -2.26. The third-order valence-electron chi connectivity index (χ3n) is 5.83. The number of fused-ring (bicyclic) bond motifs is 2. The van der Waals surface area contributed by atoms with Gasteiger partial charge in [0.05, 0.1) is 6.04 Å². The van der Waals surface area contributed by atoms with Crippen molar-refractivity contribution in [1.82, 2.24) is 9.88 Å². The summed E-state index contributed by atoms with van der Waals surface area (Å²) in [7, 11) is 0. The lowest BCUT2D eigenvalue weighted by Crippen LogP contribution is -2.31. The third-order valence-corrected chi connectivity index (χ3v) is 6.08. The smallest absolute Gasteiger partial charge is 0.255 e. The Morgan fingerprint density at radius 1 is 0.966 bits per heavy atom. The fourth-order valence-corrected chi connectivity index (χ4v) is 4.59. The van der Waals surface area contributed by atoms with Crippen LogP contribution in [0.1, 0.15) is 38.8 Å². The predicted molar refractivity (Wildman–Crippen MR) is 118 cm³/mol. The fourth-order valence-electron chi connectivity index (χ4n) is 4.46. The van der Waals surface area contributed by atoms with Crippen LogP contribution >= 0.6 is 11.6 Å². The summed E-state index contributed by atoms with van der Waals surface area (Å²) in [6.07, 6.45) is 0.787. The van der Waals surface area contributed by atoms with Crippen molar-refractivity contribution in [2.24, 2.45) is 0 Å². The highest BCUT2D eigenvalue weighted by Crippen LogP contribution is 2.42. The number of carbonyl (C=O) groups excluding carboxylic acids is 1. The van der Waals surface area contributed by atoms with Gasteiger partial charge in [0.25, 0.3) is 5.91 Å². The first-order valence-corrected chi connectivity index (χ1v) is 10.2. The van der Waals surface area contributed by atoms with E-state index in [9.17, 15) is 4.79 Å². The molecule has 0 saturated carbocycles. The first kappa shape index (κ1) is 18.0. The van der Waals surface area contributed by atoms with Gasteiger partial charge in [-0.3, -0.25) is 4.79 Å². The fraction of sp³-hybridized carbons (Fsp3) is 0.160. The molecule has 0 bridgehead atoms. The summed E-state index contributed by atoms with van der Waals surface area (Å²) in [4.78, 5) is 18.8. The molecule has 1 aliphatic rings. The number of nitrogens with zero attached hydrogens (tertiary/aromatic N) is 1. The van der Waals surface area contributed by atoms with E-state index in [0.29, 0.717) is 6.54 Å². The highest BCUT2D eigenvalue weighted by Gasteiger charge is 2.39. The van der Waals surface area contributed by atoms with Gasteiger partial charge in [-0.05, 0) is 48.7 Å². The Balaban J connectivity index is 1.58. The summed E-state index contributed by atoms with van der Waals surface area (Å²) in [5.41, 5.74) is 6.47. The molecule has 1 atom stereocenters. The summed E-state index contributed by atoms with van der Waals surface area (Å²) in [5.74, 6) is 0.101. The maximum absolute atomic E-state index is 13.3. The molecule has 1 aromatic heterocycles. The van der Waals surface area contributed by atoms with Crippen LogP contribution in [-0.2, 0) is 6.42 Å². The Labute approximate surface area is 174 Å². The highest BCUT2D eigenvalue weighted by atomic mass is 35.5. The zero-order valence-electron chi connectivity index (χ0n) is 16.2. The van der Waals surface area contributed by atoms with Crippen LogP contribution in [0.4, 0.5) is 0 Å². The van der Waals surface area contributed by atoms with Gasteiger partial charge in [0.1, 0.15) is 0 Å². The molecule has 1 aliphatic heterocycles. The summed E-state index contributed by atoms with van der Waals surface area (Å²) in [6.45, 7) is 2.75. The van der Waals surface area contributed by atoms with Gasteiger partial charge in [-0.1, -0.05) is 60.1 Å². The Kier molecular flexibility index (Phi) is 4.40. The molecule has 144 valence electrons. The van der Waals surface area contributed by atoms with Gasteiger partial charge < -0.3 is 9.88 Å². The van der Waals surface area contributed by atoms with Gasteiger partial charge in [-0.2, -0.15) is 0 Å². The minimum atomic E-state index is -0.0813. The quantitative estimate of drug-likeness (QED) is 0.453. The number of hydrogen-bond acceptors (Lipinski definition) is 1. The van der Waals surface area contributed by atoms with Crippen molar-refractivity contribution in [2.45, 2.75) is 19.4 Å². The molecule has 0 aliphatic carbocycles. The first-order chi connectivity index (χ1) is 14.1. The molecule has 5 rings (SSSR count). The van der Waals surface area contributed by atoms with Gasteiger partial charge in [0.2, 0.25) is 0 Å². The molecule has 4 heteroatoms. The molecule has 0 radical (unpaired) electrons. The summed E-state index contributed by atoms with van der Waals surface area (Å²) >= 11 is 6.02. The van der Waals surface area contributed by atoms with Crippen LogP contribution in [0, 0.1) is 6.92 Å². The van der Waals surface area contributed by atoms with Crippen LogP contribution in [0.5, 0.6) is 0 Å². The molecule has 1 N–H and O–H groups in total. The molecule has 0 saturated heterocycles. The zero-order chi connectivity index (χ0) is 20.0. The van der Waals surface area contributed by atoms with E-state index in [1.54, 1.807) is 0 Å². The van der Waals surface area contributed by atoms with Crippen LogP contribution in [0.15, 0.2) is 72.8 Å². The van der Waals surface area contributed by atoms with E-state index < -0.39 is 0 Å². The second kappa shape index (κ2) is 7.09. The Hall–Kier alpha value is -3.04. The van der Waals surface area contributed by atoms with Crippen molar-refractivity contribution in [3.63, 3.8) is 0 Å². The molecule has 4 aromatic rings. The Morgan fingerprint density at radius 3 is 2.52 bits per heavy atom. The van der Waals surface area contributed by atoms with Crippen LogP contribution in [-0.4, -0.2) is 22.3 Å². The van der Waals surface area contributed by atoms with Gasteiger partial charge >= 0.3 is 0 Å². The Bertz CT molecular complexity index is 1210. The number of carbonyl (C=O) groups is 1. The highest BCUT2D eigenvalue weighted by molar-refractivity contribution is 6.30. The molecular formula is C25H21ClN2O. The van der Waals surface area contributed by atoms with E-state index in [-0.39, 0.29) is 11.9 Å². The monoisotopic (exact) mass is 400 g/mol. The molecule has 29 heavy (non-hydrogen) atoms. The minimum Gasteiger partial charge on any atom is -0.358 e. The van der Waals surface area contributed by atoms with Gasteiger partial charge in [-0.25, -0.2) is 0 Å². The molecule has 0 fully saturated rings. The van der Waals surface area contributed by atoms with Gasteiger partial charge in [0.15, 0.2) is 0 Å². The lowest BCUT2D eigenvalue weighted by atomic mass is 9.95. The lowest BCUT2D eigenvalue weighted by molar-refractivity contribution is 0.0752. The average Bonchev–Trinajstić information content (AvgIpc) is 3.21. The van der Waals surface area contributed by atoms with E-state index in [0.717, 1.165) is 33.8 Å². The number of hydrogen-bond donors (Lipinski definition) is 1. The van der Waals surface area contributed by atoms with Gasteiger partial charge in [-0.15, -0.1) is 0 Å². The van der Waals surface area contributed by atoms with E-state index in [1.165, 1.54) is 16.5 Å². The number of para-hydroxylation sites is 1. The largest absolute Gasteiger partial charge is 0.358 e. The predicted octanol–water partition coefficient (Wildman–Crippen LogP) is 5.92. The van der Waals surface area contributed by atoms with Crippen LogP contribution in [0.2, 0.25) is 5.02 Å². The van der Waals surface area contributed by atoms with Crippen LogP contribution in [0.3, 0.4) is 0 Å². The zero-order valence-corrected chi connectivity index (χ0v) is 16.9. The molecule has 0 unspecified atom stereocenters. The molecule has 0 spiro atoms. The maximum Gasteiger partial charge on any atom is 0.255 e. The number of aromatic amines is 1. The van der Waals surface area contributed by atoms with E-state index >= 15 is 0 Å². The maximum atomic E-state index is 13.3. The molecular weight excluding hydrogens is 380 g/mol. The normalized spacial score (nSPS) is 15.9. The molecule has 1 amide bonds. The topological polar surface area (TPSA) is 36.1 Å². The number of amides is 1. The number of rotatable bonds is 4. The standard InChI is InChI=1S/C25H21ClN2O/c1-16-23(21-8-4-5-9-22(21)27-16)24-19-6-2-3-7-20(19)25(29)28(24)15-14-17-10-12-18(26)13-11-17/h2-13,24,27H,14-15H2,1H3/t24-/m0/s1. The number of benzene rings is 3. The van der Waals surface area contributed by atoms with Crippen molar-refractivity contribution >= 4 is 28.4 Å². The van der Waals surface area contributed by atoms with Gasteiger partial charge in [0, 0.05) is 39.3 Å². The minimum absolute atomic E-state index is 0.0813. The summed E-state index contributed by atoms with van der Waals surface area (Å²) < 4.78 is 0. The number of aromatic nitrogens is 1. The summed E-state index contributed by atoms with van der Waals surface area (Å²) in [5, 5.41) is 1.90. The number of halogens is 1. The number of H-pyrrole nitrogens is 1. The number of aryl methyl sites for hydroxylation is 1.